The first kappa shape index (κ1) is 10.7. The van der Waals surface area contributed by atoms with Crippen LogP contribution in [-0.4, -0.2) is 9.55 Å². The second-order valence-corrected chi connectivity index (χ2v) is 4.94. The fourth-order valence-electron chi connectivity index (χ4n) is 2.50. The Labute approximate surface area is 91.7 Å². The molecule has 1 heterocycles. The molecule has 0 saturated heterocycles. The van der Waals surface area contributed by atoms with Gasteiger partial charge in [-0.2, -0.15) is 0 Å². The van der Waals surface area contributed by atoms with Gasteiger partial charge in [0.2, 0.25) is 0 Å². The van der Waals surface area contributed by atoms with Crippen LogP contribution in [0, 0.1) is 5.41 Å². The SMILES string of the molecule is CCC1(Cn2cncc2[C@@H](C)N)CCC1. The summed E-state index contributed by atoms with van der Waals surface area (Å²) in [4.78, 5) is 4.20. The lowest BCUT2D eigenvalue weighted by molar-refractivity contribution is 0.0988. The quantitative estimate of drug-likeness (QED) is 0.824. The van der Waals surface area contributed by atoms with Crippen molar-refractivity contribution in [3.8, 4) is 0 Å². The van der Waals surface area contributed by atoms with Gasteiger partial charge in [-0.05, 0) is 31.6 Å². The van der Waals surface area contributed by atoms with E-state index in [1.807, 2.05) is 19.4 Å². The smallest absolute Gasteiger partial charge is 0.0948 e. The summed E-state index contributed by atoms with van der Waals surface area (Å²) in [5.41, 5.74) is 7.61. The highest BCUT2D eigenvalue weighted by Gasteiger charge is 2.35. The van der Waals surface area contributed by atoms with Crippen molar-refractivity contribution in [1.29, 1.82) is 0 Å². The normalized spacial score (nSPS) is 21.0. The van der Waals surface area contributed by atoms with Crippen molar-refractivity contribution in [3.05, 3.63) is 18.2 Å². The molecule has 3 heteroatoms. The molecule has 1 aliphatic rings. The van der Waals surface area contributed by atoms with E-state index in [2.05, 4.69) is 16.5 Å². The second-order valence-electron chi connectivity index (χ2n) is 4.94. The Morgan fingerprint density at radius 2 is 2.33 bits per heavy atom. The maximum Gasteiger partial charge on any atom is 0.0948 e. The van der Waals surface area contributed by atoms with Gasteiger partial charge in [-0.3, -0.25) is 0 Å². The minimum Gasteiger partial charge on any atom is -0.333 e. The Morgan fingerprint density at radius 1 is 1.60 bits per heavy atom. The van der Waals surface area contributed by atoms with Crippen LogP contribution in [0.1, 0.15) is 51.3 Å². The van der Waals surface area contributed by atoms with Gasteiger partial charge in [0.25, 0.3) is 0 Å². The molecule has 1 atom stereocenters. The monoisotopic (exact) mass is 207 g/mol. The maximum absolute atomic E-state index is 5.92. The number of nitrogens with two attached hydrogens (primary N) is 1. The Balaban J connectivity index is 2.13. The van der Waals surface area contributed by atoms with Gasteiger partial charge in [-0.1, -0.05) is 13.3 Å². The predicted octanol–water partition coefficient (Wildman–Crippen LogP) is 2.48. The third-order valence-corrected chi connectivity index (χ3v) is 3.88. The lowest BCUT2D eigenvalue weighted by Gasteiger charge is -2.42. The second kappa shape index (κ2) is 3.97. The average Bonchev–Trinajstić information content (AvgIpc) is 2.59. The van der Waals surface area contributed by atoms with Crippen LogP contribution in [0.3, 0.4) is 0 Å². The van der Waals surface area contributed by atoms with Gasteiger partial charge in [0.15, 0.2) is 0 Å². The molecular formula is C12H21N3. The van der Waals surface area contributed by atoms with Crippen molar-refractivity contribution in [2.45, 2.75) is 52.1 Å². The van der Waals surface area contributed by atoms with Crippen LogP contribution >= 0.6 is 0 Å². The Kier molecular flexibility index (Phi) is 2.83. The molecule has 1 aromatic heterocycles. The van der Waals surface area contributed by atoms with Crippen LogP contribution < -0.4 is 5.73 Å². The Bertz CT molecular complexity index is 318. The van der Waals surface area contributed by atoms with Crippen molar-refractivity contribution in [2.24, 2.45) is 11.1 Å². The van der Waals surface area contributed by atoms with Crippen molar-refractivity contribution in [2.75, 3.05) is 0 Å². The molecule has 84 valence electrons. The molecule has 1 saturated carbocycles. The van der Waals surface area contributed by atoms with Gasteiger partial charge in [-0.25, -0.2) is 4.98 Å². The summed E-state index contributed by atoms with van der Waals surface area (Å²) in [6.45, 7) is 5.41. The predicted molar refractivity (Wildman–Crippen MR) is 61.4 cm³/mol. The molecule has 1 aliphatic carbocycles. The first-order chi connectivity index (χ1) is 7.17. The summed E-state index contributed by atoms with van der Waals surface area (Å²) < 4.78 is 2.24. The van der Waals surface area contributed by atoms with Crippen molar-refractivity contribution >= 4 is 0 Å². The molecule has 0 spiro atoms. The van der Waals surface area contributed by atoms with E-state index in [-0.39, 0.29) is 6.04 Å². The molecule has 0 radical (unpaired) electrons. The first-order valence-corrected chi connectivity index (χ1v) is 5.92. The van der Waals surface area contributed by atoms with Crippen LogP contribution in [0.25, 0.3) is 0 Å². The number of hydrogen-bond acceptors (Lipinski definition) is 2. The van der Waals surface area contributed by atoms with E-state index in [4.69, 9.17) is 5.73 Å². The van der Waals surface area contributed by atoms with Crippen LogP contribution in [0.2, 0.25) is 0 Å². The molecule has 15 heavy (non-hydrogen) atoms. The summed E-state index contributed by atoms with van der Waals surface area (Å²) in [7, 11) is 0. The van der Waals surface area contributed by atoms with Gasteiger partial charge >= 0.3 is 0 Å². The fraction of sp³-hybridized carbons (Fsp3) is 0.750. The van der Waals surface area contributed by atoms with Crippen LogP contribution in [0.5, 0.6) is 0 Å². The molecule has 0 unspecified atom stereocenters. The molecule has 0 amide bonds. The average molecular weight is 207 g/mol. The Hall–Kier alpha value is -0.830. The molecule has 2 rings (SSSR count). The zero-order valence-electron chi connectivity index (χ0n) is 9.74. The molecule has 0 bridgehead atoms. The molecule has 1 fully saturated rings. The Morgan fingerprint density at radius 3 is 2.80 bits per heavy atom. The first-order valence-electron chi connectivity index (χ1n) is 5.92. The third-order valence-electron chi connectivity index (χ3n) is 3.88. The minimum atomic E-state index is 0.0847. The largest absolute Gasteiger partial charge is 0.333 e. The van der Waals surface area contributed by atoms with E-state index in [1.54, 1.807) is 0 Å². The van der Waals surface area contributed by atoms with Gasteiger partial charge in [0, 0.05) is 18.8 Å². The maximum atomic E-state index is 5.92. The highest BCUT2D eigenvalue weighted by Crippen LogP contribution is 2.45. The molecule has 3 nitrogen and oxygen atoms in total. The molecular weight excluding hydrogens is 186 g/mol. The summed E-state index contributed by atoms with van der Waals surface area (Å²) in [5, 5.41) is 0. The number of hydrogen-bond donors (Lipinski definition) is 1. The summed E-state index contributed by atoms with van der Waals surface area (Å²) in [5.74, 6) is 0. The van der Waals surface area contributed by atoms with Crippen molar-refractivity contribution < 1.29 is 0 Å². The van der Waals surface area contributed by atoms with Gasteiger partial charge in [-0.15, -0.1) is 0 Å². The highest BCUT2D eigenvalue weighted by atomic mass is 15.1. The number of imidazole rings is 1. The summed E-state index contributed by atoms with van der Waals surface area (Å²) in [6.07, 6.45) is 9.20. The van der Waals surface area contributed by atoms with Crippen molar-refractivity contribution in [1.82, 2.24) is 9.55 Å². The van der Waals surface area contributed by atoms with E-state index in [0.717, 1.165) is 12.2 Å². The van der Waals surface area contributed by atoms with E-state index < -0.39 is 0 Å². The van der Waals surface area contributed by atoms with Crippen LogP contribution in [0.15, 0.2) is 12.5 Å². The zero-order valence-corrected chi connectivity index (χ0v) is 9.74. The fourth-order valence-corrected chi connectivity index (χ4v) is 2.50. The van der Waals surface area contributed by atoms with E-state index in [1.165, 1.54) is 25.7 Å². The van der Waals surface area contributed by atoms with E-state index >= 15 is 0 Å². The highest BCUT2D eigenvalue weighted by molar-refractivity contribution is 5.04. The standard InChI is InChI=1S/C12H21N3/c1-3-12(5-4-6-12)8-15-9-14-7-11(15)10(2)13/h7,9-10H,3-6,8,13H2,1-2H3/t10-/m1/s1. The van der Waals surface area contributed by atoms with Gasteiger partial charge < -0.3 is 10.3 Å². The molecule has 0 aliphatic heterocycles. The lowest BCUT2D eigenvalue weighted by atomic mass is 9.67. The number of rotatable bonds is 4. The van der Waals surface area contributed by atoms with E-state index in [9.17, 15) is 0 Å². The van der Waals surface area contributed by atoms with Crippen LogP contribution in [-0.2, 0) is 6.54 Å². The molecule has 0 aromatic carbocycles. The van der Waals surface area contributed by atoms with Crippen molar-refractivity contribution in [3.63, 3.8) is 0 Å². The third kappa shape index (κ3) is 1.93. The lowest BCUT2D eigenvalue weighted by Crippen LogP contribution is -2.34. The topological polar surface area (TPSA) is 43.8 Å². The van der Waals surface area contributed by atoms with Gasteiger partial charge in [0.05, 0.1) is 12.0 Å². The minimum absolute atomic E-state index is 0.0847. The van der Waals surface area contributed by atoms with E-state index in [0.29, 0.717) is 5.41 Å². The number of nitrogens with zero attached hydrogens (tertiary/aromatic N) is 2. The summed E-state index contributed by atoms with van der Waals surface area (Å²) >= 11 is 0. The zero-order chi connectivity index (χ0) is 10.9. The van der Waals surface area contributed by atoms with Crippen LogP contribution in [0.4, 0.5) is 0 Å². The summed E-state index contributed by atoms with van der Waals surface area (Å²) in [6, 6.07) is 0.0847. The number of aromatic nitrogens is 2. The molecule has 1 aromatic rings. The van der Waals surface area contributed by atoms with Gasteiger partial charge in [0.1, 0.15) is 0 Å². The molecule has 2 N–H and O–H groups in total.